The number of nitrogens with one attached hydrogen (secondary N) is 1. The van der Waals surface area contributed by atoms with Crippen LogP contribution in [0.25, 0.3) is 0 Å². The molecule has 1 aliphatic rings. The molecule has 2 aromatic carbocycles. The van der Waals surface area contributed by atoms with E-state index in [-0.39, 0.29) is 18.0 Å². The highest BCUT2D eigenvalue weighted by molar-refractivity contribution is 5.94. The molecule has 4 nitrogen and oxygen atoms in total. The van der Waals surface area contributed by atoms with Crippen LogP contribution in [0.15, 0.2) is 48.5 Å². The summed E-state index contributed by atoms with van der Waals surface area (Å²) in [6, 6.07) is 15.3. The zero-order valence-electron chi connectivity index (χ0n) is 13.3. The Hall–Kier alpha value is -2.33. The van der Waals surface area contributed by atoms with Crippen molar-refractivity contribution < 1.29 is 9.53 Å². The summed E-state index contributed by atoms with van der Waals surface area (Å²) in [4.78, 5) is 12.4. The van der Waals surface area contributed by atoms with E-state index in [2.05, 4.69) is 18.3 Å². The normalized spacial score (nSPS) is 17.7. The van der Waals surface area contributed by atoms with E-state index >= 15 is 0 Å². The summed E-state index contributed by atoms with van der Waals surface area (Å²) in [7, 11) is 0. The fourth-order valence-corrected chi connectivity index (χ4v) is 2.86. The van der Waals surface area contributed by atoms with E-state index in [0.717, 1.165) is 29.7 Å². The lowest BCUT2D eigenvalue weighted by molar-refractivity contribution is 0.0924. The molecule has 0 bridgehead atoms. The second kappa shape index (κ2) is 6.84. The molecule has 2 aromatic rings. The van der Waals surface area contributed by atoms with Crippen molar-refractivity contribution in [1.82, 2.24) is 5.32 Å². The Morgan fingerprint density at radius 1 is 1.30 bits per heavy atom. The summed E-state index contributed by atoms with van der Waals surface area (Å²) < 4.78 is 5.72. The monoisotopic (exact) mass is 310 g/mol. The van der Waals surface area contributed by atoms with Crippen LogP contribution < -0.4 is 15.8 Å². The predicted molar refractivity (Wildman–Crippen MR) is 90.4 cm³/mol. The first-order valence-electron chi connectivity index (χ1n) is 8.07. The number of hydrogen-bond acceptors (Lipinski definition) is 3. The fourth-order valence-electron chi connectivity index (χ4n) is 2.86. The summed E-state index contributed by atoms with van der Waals surface area (Å²) in [5.74, 6) is 0.773. The molecule has 0 fully saturated rings. The van der Waals surface area contributed by atoms with E-state index in [0.29, 0.717) is 12.2 Å². The summed E-state index contributed by atoms with van der Waals surface area (Å²) >= 11 is 0. The number of nitrogens with two attached hydrogens (primary N) is 1. The third-order valence-corrected chi connectivity index (χ3v) is 4.28. The number of ether oxygens (including phenoxy) is 1. The predicted octanol–water partition coefficient (Wildman–Crippen LogP) is 3.35. The Morgan fingerprint density at radius 3 is 2.83 bits per heavy atom. The first-order chi connectivity index (χ1) is 11.2. The van der Waals surface area contributed by atoms with Crippen molar-refractivity contribution in [3.05, 3.63) is 65.2 Å². The molecule has 0 aliphatic carbocycles. The second-order valence-electron chi connectivity index (χ2n) is 5.84. The van der Waals surface area contributed by atoms with Gasteiger partial charge in [-0.1, -0.05) is 31.2 Å². The first-order valence-corrected chi connectivity index (χ1v) is 8.07. The van der Waals surface area contributed by atoms with Gasteiger partial charge in [0, 0.05) is 23.6 Å². The molecule has 3 rings (SSSR count). The van der Waals surface area contributed by atoms with Gasteiger partial charge in [-0.3, -0.25) is 4.79 Å². The molecule has 1 aliphatic heterocycles. The summed E-state index contributed by atoms with van der Waals surface area (Å²) in [5.41, 5.74) is 8.90. The van der Waals surface area contributed by atoms with Gasteiger partial charge in [0.15, 0.2) is 0 Å². The Morgan fingerprint density at radius 2 is 2.09 bits per heavy atom. The molecule has 23 heavy (non-hydrogen) atoms. The van der Waals surface area contributed by atoms with Crippen molar-refractivity contribution in [2.45, 2.75) is 31.8 Å². The minimum Gasteiger partial charge on any atom is -0.493 e. The largest absolute Gasteiger partial charge is 0.493 e. The van der Waals surface area contributed by atoms with Crippen LogP contribution in [0, 0.1) is 0 Å². The van der Waals surface area contributed by atoms with Crippen LogP contribution in [-0.4, -0.2) is 12.5 Å². The van der Waals surface area contributed by atoms with Gasteiger partial charge in [-0.05, 0) is 36.2 Å². The molecule has 1 amide bonds. The van der Waals surface area contributed by atoms with E-state index in [1.54, 1.807) is 0 Å². The van der Waals surface area contributed by atoms with Crippen molar-refractivity contribution in [2.24, 2.45) is 5.73 Å². The standard InChI is InChI=1S/C19H22N2O2/c1-2-16(20)14-8-9-18-15(12-14)17(10-11-23-18)21-19(22)13-6-4-3-5-7-13/h3-9,12,16-17H,2,10-11,20H2,1H3,(H,21,22). The highest BCUT2D eigenvalue weighted by Crippen LogP contribution is 2.34. The molecule has 0 saturated carbocycles. The fraction of sp³-hybridized carbons (Fsp3) is 0.316. The van der Waals surface area contributed by atoms with Crippen molar-refractivity contribution in [3.63, 3.8) is 0 Å². The molecule has 0 saturated heterocycles. The van der Waals surface area contributed by atoms with Crippen LogP contribution in [0.2, 0.25) is 0 Å². The summed E-state index contributed by atoms with van der Waals surface area (Å²) in [6.07, 6.45) is 1.64. The van der Waals surface area contributed by atoms with Crippen LogP contribution in [-0.2, 0) is 0 Å². The molecule has 1 heterocycles. The zero-order chi connectivity index (χ0) is 16.2. The van der Waals surface area contributed by atoms with Gasteiger partial charge in [0.25, 0.3) is 5.91 Å². The molecule has 4 heteroatoms. The SMILES string of the molecule is CCC(N)c1ccc2c(c1)C(NC(=O)c1ccccc1)CCO2. The molecule has 2 atom stereocenters. The van der Waals surface area contributed by atoms with Crippen LogP contribution in [0.4, 0.5) is 0 Å². The van der Waals surface area contributed by atoms with Gasteiger partial charge in [0.1, 0.15) is 5.75 Å². The van der Waals surface area contributed by atoms with E-state index in [1.165, 1.54) is 0 Å². The molecule has 120 valence electrons. The smallest absolute Gasteiger partial charge is 0.251 e. The lowest BCUT2D eigenvalue weighted by Crippen LogP contribution is -2.32. The van der Waals surface area contributed by atoms with Gasteiger partial charge in [-0.15, -0.1) is 0 Å². The second-order valence-corrected chi connectivity index (χ2v) is 5.84. The highest BCUT2D eigenvalue weighted by atomic mass is 16.5. The molecular weight excluding hydrogens is 288 g/mol. The van der Waals surface area contributed by atoms with Crippen molar-refractivity contribution >= 4 is 5.91 Å². The Bertz CT molecular complexity index is 685. The zero-order valence-corrected chi connectivity index (χ0v) is 13.3. The van der Waals surface area contributed by atoms with E-state index in [1.807, 2.05) is 42.5 Å². The number of carbonyl (C=O) groups is 1. The van der Waals surface area contributed by atoms with Gasteiger partial charge in [-0.2, -0.15) is 0 Å². The molecule has 2 unspecified atom stereocenters. The van der Waals surface area contributed by atoms with Crippen LogP contribution in [0.1, 0.15) is 53.3 Å². The molecule has 0 spiro atoms. The molecule has 0 radical (unpaired) electrons. The summed E-state index contributed by atoms with van der Waals surface area (Å²) in [5, 5.41) is 3.12. The lowest BCUT2D eigenvalue weighted by atomic mass is 9.95. The van der Waals surface area contributed by atoms with Crippen molar-refractivity contribution in [2.75, 3.05) is 6.61 Å². The van der Waals surface area contributed by atoms with Crippen molar-refractivity contribution in [1.29, 1.82) is 0 Å². The number of carbonyl (C=O) groups excluding carboxylic acids is 1. The average molecular weight is 310 g/mol. The Kier molecular flexibility index (Phi) is 4.63. The van der Waals surface area contributed by atoms with Gasteiger partial charge in [0.2, 0.25) is 0 Å². The van der Waals surface area contributed by atoms with E-state index in [4.69, 9.17) is 10.5 Å². The molecular formula is C19H22N2O2. The van der Waals surface area contributed by atoms with Gasteiger partial charge >= 0.3 is 0 Å². The maximum Gasteiger partial charge on any atom is 0.251 e. The number of benzene rings is 2. The third kappa shape index (κ3) is 3.37. The molecule has 3 N–H and O–H groups in total. The van der Waals surface area contributed by atoms with Gasteiger partial charge < -0.3 is 15.8 Å². The van der Waals surface area contributed by atoms with Gasteiger partial charge in [-0.25, -0.2) is 0 Å². The van der Waals surface area contributed by atoms with Crippen LogP contribution in [0.5, 0.6) is 5.75 Å². The Labute approximate surface area is 136 Å². The topological polar surface area (TPSA) is 64.3 Å². The number of amides is 1. The molecule has 0 aromatic heterocycles. The Balaban J connectivity index is 1.84. The number of hydrogen-bond donors (Lipinski definition) is 2. The minimum atomic E-state index is -0.0614. The van der Waals surface area contributed by atoms with E-state index < -0.39 is 0 Å². The van der Waals surface area contributed by atoms with Crippen LogP contribution >= 0.6 is 0 Å². The quantitative estimate of drug-likeness (QED) is 0.910. The maximum absolute atomic E-state index is 12.4. The highest BCUT2D eigenvalue weighted by Gasteiger charge is 2.24. The van der Waals surface area contributed by atoms with Gasteiger partial charge in [0.05, 0.1) is 12.6 Å². The lowest BCUT2D eigenvalue weighted by Gasteiger charge is -2.28. The van der Waals surface area contributed by atoms with Crippen LogP contribution in [0.3, 0.4) is 0 Å². The maximum atomic E-state index is 12.4. The average Bonchev–Trinajstić information content (AvgIpc) is 2.61. The number of rotatable bonds is 4. The van der Waals surface area contributed by atoms with Crippen molar-refractivity contribution in [3.8, 4) is 5.75 Å². The third-order valence-electron chi connectivity index (χ3n) is 4.28. The number of fused-ring (bicyclic) bond motifs is 1. The first kappa shape index (κ1) is 15.6. The minimum absolute atomic E-state index is 0.00713. The summed E-state index contributed by atoms with van der Waals surface area (Å²) in [6.45, 7) is 2.67. The van der Waals surface area contributed by atoms with E-state index in [9.17, 15) is 4.79 Å².